The smallest absolute Gasteiger partial charge is 0.293 e. The van der Waals surface area contributed by atoms with Crippen LogP contribution < -0.4 is 15.5 Å². The van der Waals surface area contributed by atoms with E-state index in [1.54, 1.807) is 24.3 Å². The first-order valence-electron chi connectivity index (χ1n) is 9.44. The summed E-state index contributed by atoms with van der Waals surface area (Å²) in [6.07, 6.45) is 4.46. The molecule has 4 rings (SSSR count). The summed E-state index contributed by atoms with van der Waals surface area (Å²) in [4.78, 5) is 37.2. The van der Waals surface area contributed by atoms with Gasteiger partial charge in [0.25, 0.3) is 17.5 Å². The Kier molecular flexibility index (Phi) is 5.32. The van der Waals surface area contributed by atoms with Gasteiger partial charge in [-0.15, -0.1) is 0 Å². The van der Waals surface area contributed by atoms with E-state index in [4.69, 9.17) is 16.6 Å². The molecule has 2 aromatic rings. The molecule has 3 heterocycles. The minimum Gasteiger partial charge on any atom is -0.457 e. The van der Waals surface area contributed by atoms with Crippen molar-refractivity contribution in [2.75, 3.05) is 18.0 Å². The predicted octanol–water partition coefficient (Wildman–Crippen LogP) is 2.76. The molecule has 0 radical (unpaired) electrons. The summed E-state index contributed by atoms with van der Waals surface area (Å²) in [6.45, 7) is 1.60. The second kappa shape index (κ2) is 8.07. The fraction of sp³-hybridized carbons (Fsp3) is 0.250. The number of hydrogen-bond acceptors (Lipinski definition) is 7. The summed E-state index contributed by atoms with van der Waals surface area (Å²) in [5.41, 5.74) is 1.01. The number of benzene rings is 1. The fourth-order valence-electron chi connectivity index (χ4n) is 3.56. The maximum Gasteiger partial charge on any atom is 0.293 e. The van der Waals surface area contributed by atoms with Crippen LogP contribution in [0.4, 0.5) is 11.4 Å². The Morgan fingerprint density at radius 2 is 1.77 bits per heavy atom. The Morgan fingerprint density at radius 3 is 2.43 bits per heavy atom. The molecule has 154 valence electrons. The third kappa shape index (κ3) is 3.94. The van der Waals surface area contributed by atoms with E-state index in [-0.39, 0.29) is 22.1 Å². The molecule has 0 spiro atoms. The van der Waals surface area contributed by atoms with Crippen molar-refractivity contribution in [1.29, 1.82) is 0 Å². The van der Waals surface area contributed by atoms with E-state index in [1.165, 1.54) is 12.1 Å². The predicted molar refractivity (Wildman–Crippen MR) is 114 cm³/mol. The first kappa shape index (κ1) is 19.8. The molecule has 0 aliphatic carbocycles. The molecule has 0 saturated carbocycles. The van der Waals surface area contributed by atoms with Crippen molar-refractivity contribution >= 4 is 46.6 Å². The highest BCUT2D eigenvalue weighted by atomic mass is 32.1. The normalized spacial score (nSPS) is 16.9. The van der Waals surface area contributed by atoms with Gasteiger partial charge in [0, 0.05) is 24.7 Å². The van der Waals surface area contributed by atoms with Gasteiger partial charge in [0.2, 0.25) is 0 Å². The van der Waals surface area contributed by atoms with Crippen molar-refractivity contribution in [3.05, 3.63) is 51.8 Å². The van der Waals surface area contributed by atoms with Crippen molar-refractivity contribution in [2.45, 2.75) is 19.3 Å². The van der Waals surface area contributed by atoms with Crippen LogP contribution >= 0.6 is 12.2 Å². The van der Waals surface area contributed by atoms with Gasteiger partial charge in [-0.05, 0) is 61.8 Å². The zero-order chi connectivity index (χ0) is 21.3. The van der Waals surface area contributed by atoms with Crippen LogP contribution in [0.2, 0.25) is 0 Å². The average molecular weight is 426 g/mol. The van der Waals surface area contributed by atoms with Gasteiger partial charge in [0.1, 0.15) is 22.8 Å². The molecule has 2 N–H and O–H groups in total. The lowest BCUT2D eigenvalue weighted by Gasteiger charge is -2.28. The molecule has 9 nitrogen and oxygen atoms in total. The number of nitro groups is 1. The summed E-state index contributed by atoms with van der Waals surface area (Å²) in [6, 6.07) is 8.21. The van der Waals surface area contributed by atoms with Gasteiger partial charge in [-0.2, -0.15) is 0 Å². The van der Waals surface area contributed by atoms with Crippen LogP contribution in [0.1, 0.15) is 25.0 Å². The van der Waals surface area contributed by atoms with Gasteiger partial charge in [0.05, 0.1) is 4.92 Å². The Balaban J connectivity index is 1.63. The molecule has 2 aliphatic heterocycles. The number of amides is 2. The minimum absolute atomic E-state index is 0.0188. The summed E-state index contributed by atoms with van der Waals surface area (Å²) in [7, 11) is 0. The van der Waals surface area contributed by atoms with E-state index in [9.17, 15) is 19.7 Å². The highest BCUT2D eigenvalue weighted by molar-refractivity contribution is 7.80. The highest BCUT2D eigenvalue weighted by Crippen LogP contribution is 2.35. The third-order valence-electron chi connectivity index (χ3n) is 5.01. The molecular weight excluding hydrogens is 408 g/mol. The Morgan fingerprint density at radius 1 is 1.07 bits per heavy atom. The first-order chi connectivity index (χ1) is 14.4. The molecule has 1 aromatic carbocycles. The monoisotopic (exact) mass is 426 g/mol. The second-order valence-corrected chi connectivity index (χ2v) is 7.41. The number of anilines is 1. The van der Waals surface area contributed by atoms with Crippen LogP contribution in [0, 0.1) is 10.1 Å². The number of furan rings is 1. The topological polar surface area (TPSA) is 118 Å². The summed E-state index contributed by atoms with van der Waals surface area (Å²) >= 11 is 4.76. The molecule has 0 unspecified atom stereocenters. The van der Waals surface area contributed by atoms with E-state index < -0.39 is 16.7 Å². The Labute approximate surface area is 176 Å². The number of thiocarbonyl (C=S) groups is 1. The number of piperidine rings is 1. The minimum atomic E-state index is -0.622. The van der Waals surface area contributed by atoms with E-state index in [2.05, 4.69) is 10.6 Å². The molecule has 0 bridgehead atoms. The first-order valence-corrected chi connectivity index (χ1v) is 9.85. The molecule has 2 amide bonds. The van der Waals surface area contributed by atoms with E-state index in [0.717, 1.165) is 32.4 Å². The maximum atomic E-state index is 12.0. The maximum absolute atomic E-state index is 12.0. The largest absolute Gasteiger partial charge is 0.457 e. The quantitative estimate of drug-likeness (QED) is 0.254. The lowest BCUT2D eigenvalue weighted by atomic mass is 10.1. The van der Waals surface area contributed by atoms with Crippen molar-refractivity contribution < 1.29 is 18.9 Å². The Bertz CT molecular complexity index is 1060. The Hall–Kier alpha value is -3.53. The molecular formula is C20H18N4O5S. The third-order valence-corrected chi connectivity index (χ3v) is 5.21. The van der Waals surface area contributed by atoms with Gasteiger partial charge in [0.15, 0.2) is 5.11 Å². The number of nitrogens with one attached hydrogen (secondary N) is 2. The summed E-state index contributed by atoms with van der Waals surface area (Å²) in [5.74, 6) is -0.588. The van der Waals surface area contributed by atoms with E-state index >= 15 is 0 Å². The number of nitro benzene ring substituents is 1. The molecule has 2 aliphatic rings. The van der Waals surface area contributed by atoms with E-state index in [1.807, 2.05) is 4.90 Å². The van der Waals surface area contributed by atoms with Gasteiger partial charge < -0.3 is 9.32 Å². The lowest BCUT2D eigenvalue weighted by Crippen LogP contribution is -2.51. The van der Waals surface area contributed by atoms with Crippen LogP contribution in [0.3, 0.4) is 0 Å². The molecule has 30 heavy (non-hydrogen) atoms. The molecule has 1 aromatic heterocycles. The van der Waals surface area contributed by atoms with Crippen LogP contribution in [0.25, 0.3) is 17.4 Å². The van der Waals surface area contributed by atoms with Gasteiger partial charge in [-0.1, -0.05) is 0 Å². The number of carbonyl (C=O) groups is 2. The SMILES string of the molecule is O=C1NC(=S)NC(=O)C1=Cc1ccc(-c2ccc(N3CCCCC3)c([N+](=O)[O-])c2)o1. The van der Waals surface area contributed by atoms with Gasteiger partial charge >= 0.3 is 0 Å². The van der Waals surface area contributed by atoms with Crippen molar-refractivity contribution in [1.82, 2.24) is 10.6 Å². The number of carbonyl (C=O) groups excluding carboxylic acids is 2. The van der Waals surface area contributed by atoms with Crippen molar-refractivity contribution in [3.63, 3.8) is 0 Å². The van der Waals surface area contributed by atoms with Crippen LogP contribution in [0.5, 0.6) is 0 Å². The summed E-state index contributed by atoms with van der Waals surface area (Å²) < 4.78 is 5.71. The van der Waals surface area contributed by atoms with Crippen LogP contribution in [-0.4, -0.2) is 34.9 Å². The molecule has 2 saturated heterocycles. The number of rotatable bonds is 4. The molecule has 10 heteroatoms. The van der Waals surface area contributed by atoms with Crippen LogP contribution in [-0.2, 0) is 9.59 Å². The van der Waals surface area contributed by atoms with E-state index in [0.29, 0.717) is 17.0 Å². The second-order valence-electron chi connectivity index (χ2n) is 7.01. The lowest BCUT2D eigenvalue weighted by molar-refractivity contribution is -0.384. The standard InChI is InChI=1S/C20H18N4O5S/c25-18-14(19(26)22-20(30)21-18)11-13-5-7-17(29-13)12-4-6-15(16(10-12)24(27)28)23-8-2-1-3-9-23/h4-7,10-11H,1-3,8-9H2,(H2,21,22,25,26,30). The highest BCUT2D eigenvalue weighted by Gasteiger charge is 2.26. The zero-order valence-electron chi connectivity index (χ0n) is 15.8. The summed E-state index contributed by atoms with van der Waals surface area (Å²) in [5, 5.41) is 16.3. The number of hydrogen-bond donors (Lipinski definition) is 2. The van der Waals surface area contributed by atoms with Crippen LogP contribution in [0.15, 0.2) is 40.3 Å². The molecule has 0 atom stereocenters. The fourth-order valence-corrected chi connectivity index (χ4v) is 3.74. The van der Waals surface area contributed by atoms with Crippen molar-refractivity contribution in [3.8, 4) is 11.3 Å². The van der Waals surface area contributed by atoms with Gasteiger partial charge in [-0.25, -0.2) is 0 Å². The van der Waals surface area contributed by atoms with Crippen molar-refractivity contribution in [2.24, 2.45) is 0 Å². The van der Waals surface area contributed by atoms with Gasteiger partial charge in [-0.3, -0.25) is 30.3 Å². The average Bonchev–Trinajstić information content (AvgIpc) is 3.19. The molecule has 2 fully saturated rings. The number of nitrogens with zero attached hydrogens (tertiary/aromatic N) is 2. The zero-order valence-corrected chi connectivity index (χ0v) is 16.7.